The van der Waals surface area contributed by atoms with Gasteiger partial charge in [-0.15, -0.1) is 10.2 Å². The SMILES string of the molecule is CN1CCN(c2nn(S(=O)(=O)c3ccc4c(c3)OCC(=O)N4)c3ccccc23)CC1.COC1CCN(c2cccc(S(=O)(=O)n3nc(N4CCNCC4)c4ccccc43)c2)C1.O=C1COc2cc(S(=O)(=O)n3nc(C4CCCCC4)c4ccccc43)ccc2N1.O=CO.O=CO.O=CO. The van der Waals surface area contributed by atoms with Gasteiger partial charge in [0.05, 0.1) is 54.4 Å². The van der Waals surface area contributed by atoms with E-state index in [1.165, 1.54) is 40.8 Å². The van der Waals surface area contributed by atoms with Crippen molar-refractivity contribution in [2.24, 2.45) is 0 Å². The van der Waals surface area contributed by atoms with Crippen LogP contribution in [0.2, 0.25) is 0 Å². The molecular weight excluding hydrogens is 1340 g/mol. The number of nitrogens with one attached hydrogen (secondary N) is 3. The van der Waals surface area contributed by atoms with Gasteiger partial charge in [0.25, 0.3) is 61.3 Å². The summed E-state index contributed by atoms with van der Waals surface area (Å²) in [5.41, 5.74) is 4.38. The predicted octanol–water partition coefficient (Wildman–Crippen LogP) is 6.02. The minimum Gasteiger partial charge on any atom is -0.483 e. The first-order valence-electron chi connectivity index (χ1n) is 31.6. The first-order chi connectivity index (χ1) is 47.8. The molecule has 0 bridgehead atoms. The molecule has 33 heteroatoms. The number of para-hydroxylation sites is 3. The molecule has 2 amide bonds. The zero-order valence-electron chi connectivity index (χ0n) is 54.1. The number of ether oxygens (including phenoxy) is 3. The summed E-state index contributed by atoms with van der Waals surface area (Å²) in [5, 5.41) is 45.6. The number of nitrogens with zero attached hydrogens (tertiary/aromatic N) is 10. The maximum Gasteiger partial charge on any atom is 0.290 e. The van der Waals surface area contributed by atoms with Gasteiger partial charge in [0, 0.05) is 112 Å². The molecule has 6 N–H and O–H groups in total. The Morgan fingerprint density at radius 1 is 0.505 bits per heavy atom. The number of carbonyl (C=O) groups is 5. The van der Waals surface area contributed by atoms with Gasteiger partial charge in [0.2, 0.25) is 0 Å². The van der Waals surface area contributed by atoms with Gasteiger partial charge in [-0.25, -0.2) is 0 Å². The number of rotatable bonds is 11. The second kappa shape index (κ2) is 32.0. The fourth-order valence-electron chi connectivity index (χ4n) is 12.4. The summed E-state index contributed by atoms with van der Waals surface area (Å²) in [4.78, 5) is 57.1. The highest BCUT2D eigenvalue weighted by molar-refractivity contribution is 7.90. The highest BCUT2D eigenvalue weighted by atomic mass is 32.2. The number of aromatic nitrogens is 6. The first-order valence-corrected chi connectivity index (χ1v) is 36.0. The van der Waals surface area contributed by atoms with Crippen LogP contribution in [0.4, 0.5) is 28.7 Å². The summed E-state index contributed by atoms with van der Waals surface area (Å²) in [6, 6.07) is 38.4. The van der Waals surface area contributed by atoms with Gasteiger partial charge in [-0.2, -0.15) is 42.6 Å². The zero-order valence-corrected chi connectivity index (χ0v) is 56.5. The minimum absolute atomic E-state index is 0.0515. The topological polar surface area (TPSA) is 379 Å². The Hall–Kier alpha value is -10.2. The molecule has 1 saturated carbocycles. The van der Waals surface area contributed by atoms with Gasteiger partial charge in [0.15, 0.2) is 24.8 Å². The van der Waals surface area contributed by atoms with Gasteiger partial charge in [-0.1, -0.05) is 67.8 Å². The quantitative estimate of drug-likeness (QED) is 0.0806. The van der Waals surface area contributed by atoms with Crippen LogP contribution in [0, 0.1) is 0 Å². The van der Waals surface area contributed by atoms with E-state index in [9.17, 15) is 34.8 Å². The van der Waals surface area contributed by atoms with E-state index in [4.69, 9.17) is 43.9 Å². The summed E-state index contributed by atoms with van der Waals surface area (Å²) in [7, 11) is -7.95. The highest BCUT2D eigenvalue weighted by Gasteiger charge is 2.33. The number of anilines is 5. The molecule has 0 radical (unpaired) electrons. The Kier molecular flexibility index (Phi) is 23.1. The summed E-state index contributed by atoms with van der Waals surface area (Å²) < 4.78 is 101. The molecule has 9 aromatic rings. The largest absolute Gasteiger partial charge is 0.483 e. The van der Waals surface area contributed by atoms with E-state index in [0.717, 1.165) is 139 Å². The average Bonchev–Trinajstić information content (AvgIpc) is 1.61. The molecule has 4 fully saturated rings. The number of likely N-dealkylation sites (N-methyl/N-ethyl adjacent to an activating group) is 1. The van der Waals surface area contributed by atoms with E-state index in [1.54, 1.807) is 49.6 Å². The van der Waals surface area contributed by atoms with Gasteiger partial charge >= 0.3 is 0 Å². The number of benzene rings is 6. The van der Waals surface area contributed by atoms with Crippen molar-refractivity contribution in [1.29, 1.82) is 0 Å². The Bertz CT molecular complexity index is 4720. The molecule has 6 aromatic carbocycles. The lowest BCUT2D eigenvalue weighted by molar-refractivity contribution is -0.123. The van der Waals surface area contributed by atoms with Crippen molar-refractivity contribution in [2.75, 3.05) is 118 Å². The van der Waals surface area contributed by atoms with Crippen LogP contribution in [0.5, 0.6) is 11.5 Å². The summed E-state index contributed by atoms with van der Waals surface area (Å²) in [6.45, 7) is 7.23. The van der Waals surface area contributed by atoms with E-state index >= 15 is 0 Å². The van der Waals surface area contributed by atoms with Crippen LogP contribution in [0.3, 0.4) is 0 Å². The van der Waals surface area contributed by atoms with Crippen molar-refractivity contribution in [3.05, 3.63) is 139 Å². The molecule has 1 atom stereocenters. The van der Waals surface area contributed by atoms with Gasteiger partial charge in [-0.05, 0) is 99.1 Å². The second-order valence-corrected chi connectivity index (χ2v) is 28.7. The van der Waals surface area contributed by atoms with Gasteiger partial charge < -0.3 is 65.1 Å². The summed E-state index contributed by atoms with van der Waals surface area (Å²) in [5.74, 6) is 1.81. The maximum absolute atomic E-state index is 13.7. The van der Waals surface area contributed by atoms with Crippen molar-refractivity contribution in [1.82, 2.24) is 37.8 Å². The molecule has 1 aliphatic carbocycles. The Morgan fingerprint density at radius 2 is 0.949 bits per heavy atom. The van der Waals surface area contributed by atoms with E-state index in [1.807, 2.05) is 60.7 Å². The molecule has 30 nitrogen and oxygen atoms in total. The Morgan fingerprint density at radius 3 is 1.43 bits per heavy atom. The number of amides is 2. The average molecular weight is 1420 g/mol. The minimum atomic E-state index is -3.97. The number of hydrogen-bond acceptors (Lipinski definition) is 22. The Balaban J connectivity index is 0.000000151. The number of hydrogen-bond donors (Lipinski definition) is 6. The third-order valence-electron chi connectivity index (χ3n) is 17.3. The molecule has 524 valence electrons. The molecule has 99 heavy (non-hydrogen) atoms. The van der Waals surface area contributed by atoms with Crippen molar-refractivity contribution in [3.63, 3.8) is 0 Å². The van der Waals surface area contributed by atoms with E-state index in [2.05, 4.69) is 57.9 Å². The van der Waals surface area contributed by atoms with Crippen LogP contribution in [0.25, 0.3) is 32.7 Å². The number of carboxylic acid groups (broad SMARTS) is 3. The second-order valence-electron chi connectivity index (χ2n) is 23.4. The lowest BCUT2D eigenvalue weighted by Crippen LogP contribution is -2.44. The predicted molar refractivity (Wildman–Crippen MR) is 369 cm³/mol. The smallest absolute Gasteiger partial charge is 0.290 e. The Labute approximate surface area is 570 Å². The first kappa shape index (κ1) is 71.6. The van der Waals surface area contributed by atoms with Crippen LogP contribution in [0.15, 0.2) is 148 Å². The van der Waals surface area contributed by atoms with Crippen LogP contribution < -0.4 is 40.1 Å². The third-order valence-corrected chi connectivity index (χ3v) is 22.0. The van der Waals surface area contributed by atoms with Crippen LogP contribution in [0.1, 0.15) is 50.1 Å². The van der Waals surface area contributed by atoms with Crippen LogP contribution in [-0.4, -0.2) is 203 Å². The van der Waals surface area contributed by atoms with Gasteiger partial charge in [0.1, 0.15) is 11.5 Å². The molecule has 8 heterocycles. The molecular formula is C66H75N13O17S3. The molecule has 1 unspecified atom stereocenters. The molecule has 5 aliphatic heterocycles. The van der Waals surface area contributed by atoms with Crippen molar-refractivity contribution in [3.8, 4) is 11.5 Å². The standard InChI is InChI=1S/C22H27N5O3S.C21H21N3O4S.C20H21N5O4S.3CH2O2/c1-30-18-9-12-26(16-18)17-5-4-6-19(15-17)31(28,29)27-21-8-3-2-7-20(21)22(24-27)25-13-10-23-11-14-25;25-20-13-28-19-12-15(10-11-17(19)22-20)29(26,27)24-18-9-5-4-8-16(18)21(23-24)14-6-2-1-3-7-14;1-23-8-10-24(11-9-23)20-15-4-2-3-5-17(15)25(22-20)30(27,28)14-6-7-16-18(12-14)29-13-19(26)21-16;3*2-1-3/h2-8,15,18,23H,9-14,16H2,1H3;4-5,8-12,14H,1-3,6-7,13H2,(H,22,25);2-7,12H,8-11,13H2,1H3,(H,21,26);3*1H,(H,2,3). The van der Waals surface area contributed by atoms with E-state index < -0.39 is 30.1 Å². The lowest BCUT2D eigenvalue weighted by Gasteiger charge is -2.32. The fourth-order valence-corrected chi connectivity index (χ4v) is 16.4. The zero-order chi connectivity index (χ0) is 70.4. The highest BCUT2D eigenvalue weighted by Crippen LogP contribution is 2.39. The number of fused-ring (bicyclic) bond motifs is 5. The van der Waals surface area contributed by atoms with Crippen LogP contribution >= 0.6 is 0 Å². The molecule has 0 spiro atoms. The number of piperazine rings is 2. The van der Waals surface area contributed by atoms with Crippen molar-refractivity contribution >= 4 is 123 Å². The normalized spacial score (nSPS) is 17.1. The number of carbonyl (C=O) groups excluding carboxylic acids is 2. The van der Waals surface area contributed by atoms with Crippen molar-refractivity contribution in [2.45, 2.75) is 65.2 Å². The molecule has 15 rings (SSSR count). The van der Waals surface area contributed by atoms with E-state index in [-0.39, 0.29) is 71.2 Å². The molecule has 3 saturated heterocycles. The summed E-state index contributed by atoms with van der Waals surface area (Å²) >= 11 is 0. The fraction of sp³-hybridized carbons (Fsp3) is 0.333. The van der Waals surface area contributed by atoms with Crippen LogP contribution in [-0.2, 0) is 58.8 Å². The number of methoxy groups -OCH3 is 1. The molecule has 6 aliphatic rings. The summed E-state index contributed by atoms with van der Waals surface area (Å²) in [6.07, 6.45) is 6.70. The molecule has 3 aromatic heterocycles. The van der Waals surface area contributed by atoms with Gasteiger partial charge in [-0.3, -0.25) is 24.0 Å². The monoisotopic (exact) mass is 1420 g/mol. The maximum atomic E-state index is 13.7. The third kappa shape index (κ3) is 15.9. The van der Waals surface area contributed by atoms with E-state index in [0.29, 0.717) is 45.2 Å². The van der Waals surface area contributed by atoms with Crippen molar-refractivity contribution < 1.29 is 78.8 Å². The lowest BCUT2D eigenvalue weighted by atomic mass is 9.86.